The smallest absolute Gasteiger partial charge is 0.248 e. The van der Waals surface area contributed by atoms with Crippen LogP contribution in [-0.2, 0) is 14.6 Å². The van der Waals surface area contributed by atoms with Crippen molar-refractivity contribution in [3.8, 4) is 11.5 Å². The summed E-state index contributed by atoms with van der Waals surface area (Å²) < 4.78 is 35.5. The predicted molar refractivity (Wildman–Crippen MR) is 106 cm³/mol. The molecule has 1 amide bonds. The van der Waals surface area contributed by atoms with Gasteiger partial charge in [0, 0.05) is 23.4 Å². The molecule has 1 aromatic rings. The van der Waals surface area contributed by atoms with E-state index in [0.717, 1.165) is 5.69 Å². The Morgan fingerprint density at radius 1 is 1.26 bits per heavy atom. The SMILES string of the molecule is CC(C)CC(=O)N=C1S[C@@H]2CS(=O)(=O)C[C@H]2N1c1ccc2c(c1)OCCO2. The Kier molecular flexibility index (Phi) is 4.84. The van der Waals surface area contributed by atoms with Crippen LogP contribution in [0.4, 0.5) is 5.69 Å². The number of fused-ring (bicyclic) bond motifs is 2. The molecule has 0 N–H and O–H groups in total. The van der Waals surface area contributed by atoms with Crippen LogP contribution in [0.3, 0.4) is 0 Å². The summed E-state index contributed by atoms with van der Waals surface area (Å²) in [6.07, 6.45) is 0.368. The van der Waals surface area contributed by atoms with E-state index in [1.807, 2.05) is 36.9 Å². The van der Waals surface area contributed by atoms with Crippen LogP contribution in [0.5, 0.6) is 11.5 Å². The third-order valence-electron chi connectivity index (χ3n) is 4.67. The molecular weight excluding hydrogens is 388 g/mol. The highest BCUT2D eigenvalue weighted by Gasteiger charge is 2.49. The molecule has 27 heavy (non-hydrogen) atoms. The Labute approximate surface area is 163 Å². The van der Waals surface area contributed by atoms with Crippen molar-refractivity contribution in [2.24, 2.45) is 10.9 Å². The van der Waals surface area contributed by atoms with Crippen molar-refractivity contribution in [3.63, 3.8) is 0 Å². The van der Waals surface area contributed by atoms with Crippen molar-refractivity contribution in [1.29, 1.82) is 0 Å². The summed E-state index contributed by atoms with van der Waals surface area (Å²) in [5, 5.41) is 0.455. The van der Waals surface area contributed by atoms with Crippen LogP contribution in [0.1, 0.15) is 20.3 Å². The van der Waals surface area contributed by atoms with Gasteiger partial charge in [0.1, 0.15) is 13.2 Å². The standard InChI is InChI=1S/C18H22N2O5S2/c1-11(2)7-17(21)19-18-20(13-9-27(22,23)10-16(13)26-18)12-3-4-14-15(8-12)25-6-5-24-14/h3-4,8,11,13,16H,5-7,9-10H2,1-2H3/t13-,16-/m1/s1. The summed E-state index contributed by atoms with van der Waals surface area (Å²) in [4.78, 5) is 18.5. The van der Waals surface area contributed by atoms with Gasteiger partial charge in [-0.05, 0) is 18.1 Å². The average Bonchev–Trinajstić information content (AvgIpc) is 3.04. The highest BCUT2D eigenvalue weighted by Crippen LogP contribution is 2.43. The maximum absolute atomic E-state index is 12.3. The van der Waals surface area contributed by atoms with Crippen LogP contribution in [0.15, 0.2) is 23.2 Å². The first kappa shape index (κ1) is 18.6. The minimum absolute atomic E-state index is 0.0660. The number of carbonyl (C=O) groups is 1. The quantitative estimate of drug-likeness (QED) is 0.754. The van der Waals surface area contributed by atoms with Gasteiger partial charge in [-0.2, -0.15) is 4.99 Å². The number of aliphatic imine (C=N–C) groups is 1. The molecule has 3 heterocycles. The lowest BCUT2D eigenvalue weighted by atomic mass is 10.1. The minimum atomic E-state index is -3.09. The van der Waals surface area contributed by atoms with E-state index < -0.39 is 9.84 Å². The summed E-state index contributed by atoms with van der Waals surface area (Å²) in [5.74, 6) is 1.51. The fourth-order valence-corrected chi connectivity index (χ4v) is 7.48. The molecule has 2 saturated heterocycles. The van der Waals surface area contributed by atoms with E-state index in [9.17, 15) is 13.2 Å². The highest BCUT2D eigenvalue weighted by molar-refractivity contribution is 8.16. The third-order valence-corrected chi connectivity index (χ3v) is 7.88. The second kappa shape index (κ2) is 7.01. The molecule has 0 aliphatic carbocycles. The van der Waals surface area contributed by atoms with Gasteiger partial charge in [0.2, 0.25) is 5.91 Å². The normalized spacial score (nSPS) is 27.2. The Morgan fingerprint density at radius 3 is 2.74 bits per heavy atom. The van der Waals surface area contributed by atoms with Crippen molar-refractivity contribution in [2.45, 2.75) is 31.6 Å². The van der Waals surface area contributed by atoms with E-state index in [0.29, 0.717) is 36.3 Å². The molecule has 9 heteroatoms. The Morgan fingerprint density at radius 2 is 2.00 bits per heavy atom. The lowest BCUT2D eigenvalue weighted by molar-refractivity contribution is -0.118. The number of sulfone groups is 1. The number of amides is 1. The van der Waals surface area contributed by atoms with E-state index in [-0.39, 0.29) is 34.6 Å². The molecule has 0 aromatic heterocycles. The van der Waals surface area contributed by atoms with E-state index in [4.69, 9.17) is 9.47 Å². The van der Waals surface area contributed by atoms with E-state index >= 15 is 0 Å². The van der Waals surface area contributed by atoms with Gasteiger partial charge in [-0.3, -0.25) is 4.79 Å². The number of anilines is 1. The summed E-state index contributed by atoms with van der Waals surface area (Å²) in [6.45, 7) is 4.92. The molecule has 4 rings (SSSR count). The summed E-state index contributed by atoms with van der Waals surface area (Å²) in [7, 11) is -3.09. The summed E-state index contributed by atoms with van der Waals surface area (Å²) >= 11 is 1.38. The summed E-state index contributed by atoms with van der Waals surface area (Å²) in [6, 6.07) is 5.29. The lowest BCUT2D eigenvalue weighted by Crippen LogP contribution is -2.37. The zero-order chi connectivity index (χ0) is 19.2. The Hall–Kier alpha value is -1.74. The van der Waals surface area contributed by atoms with Gasteiger partial charge >= 0.3 is 0 Å². The van der Waals surface area contributed by atoms with Crippen LogP contribution >= 0.6 is 11.8 Å². The number of ether oxygens (including phenoxy) is 2. The molecule has 146 valence electrons. The fraction of sp³-hybridized carbons (Fsp3) is 0.556. The topological polar surface area (TPSA) is 85.3 Å². The minimum Gasteiger partial charge on any atom is -0.486 e. The van der Waals surface area contributed by atoms with Gasteiger partial charge in [0.15, 0.2) is 26.5 Å². The van der Waals surface area contributed by atoms with Crippen LogP contribution < -0.4 is 14.4 Å². The third kappa shape index (κ3) is 3.80. The number of hydrogen-bond acceptors (Lipinski definition) is 6. The second-order valence-electron chi connectivity index (χ2n) is 7.38. The molecule has 3 aliphatic rings. The van der Waals surface area contributed by atoms with Gasteiger partial charge < -0.3 is 14.4 Å². The number of thioether (sulfide) groups is 1. The number of nitrogens with zero attached hydrogens (tertiary/aromatic N) is 2. The summed E-state index contributed by atoms with van der Waals surface area (Å²) in [5.41, 5.74) is 0.771. The predicted octanol–water partition coefficient (Wildman–Crippen LogP) is 2.11. The number of hydrogen-bond donors (Lipinski definition) is 0. The first-order valence-electron chi connectivity index (χ1n) is 9.00. The van der Waals surface area contributed by atoms with Crippen molar-refractivity contribution in [1.82, 2.24) is 0 Å². The number of amidine groups is 1. The largest absolute Gasteiger partial charge is 0.486 e. The zero-order valence-electron chi connectivity index (χ0n) is 15.3. The van der Waals surface area contributed by atoms with Crippen molar-refractivity contribution < 1.29 is 22.7 Å². The average molecular weight is 411 g/mol. The maximum atomic E-state index is 12.3. The van der Waals surface area contributed by atoms with Gasteiger partial charge in [-0.25, -0.2) is 8.42 Å². The van der Waals surface area contributed by atoms with Gasteiger partial charge in [-0.15, -0.1) is 0 Å². The molecule has 0 spiro atoms. The van der Waals surface area contributed by atoms with E-state index in [1.165, 1.54) is 11.8 Å². The fourth-order valence-electron chi connectivity index (χ4n) is 3.55. The Bertz CT molecular complexity index is 897. The highest BCUT2D eigenvalue weighted by atomic mass is 32.2. The van der Waals surface area contributed by atoms with Gasteiger partial charge in [0.25, 0.3) is 0 Å². The van der Waals surface area contributed by atoms with E-state index in [1.54, 1.807) is 0 Å². The van der Waals surface area contributed by atoms with Gasteiger partial charge in [-0.1, -0.05) is 25.6 Å². The molecule has 0 saturated carbocycles. The molecule has 0 bridgehead atoms. The molecule has 1 aromatic carbocycles. The van der Waals surface area contributed by atoms with Crippen molar-refractivity contribution in [2.75, 3.05) is 29.6 Å². The number of carbonyl (C=O) groups excluding carboxylic acids is 1. The number of rotatable bonds is 3. The lowest BCUT2D eigenvalue weighted by Gasteiger charge is -2.26. The monoisotopic (exact) mass is 410 g/mol. The molecule has 2 fully saturated rings. The molecular formula is C18H22N2O5S2. The van der Waals surface area contributed by atoms with Crippen molar-refractivity contribution >= 4 is 38.4 Å². The molecule has 0 radical (unpaired) electrons. The second-order valence-corrected chi connectivity index (χ2v) is 10.7. The van der Waals surface area contributed by atoms with Crippen LogP contribution in [0.25, 0.3) is 0 Å². The number of benzene rings is 1. The molecule has 0 unspecified atom stereocenters. The molecule has 7 nitrogen and oxygen atoms in total. The van der Waals surface area contributed by atoms with E-state index in [2.05, 4.69) is 4.99 Å². The first-order valence-corrected chi connectivity index (χ1v) is 11.7. The molecule has 2 atom stereocenters. The van der Waals surface area contributed by atoms with Crippen LogP contribution in [0.2, 0.25) is 0 Å². The molecule has 3 aliphatic heterocycles. The van der Waals surface area contributed by atoms with Crippen LogP contribution in [0, 0.1) is 5.92 Å². The van der Waals surface area contributed by atoms with Crippen molar-refractivity contribution in [3.05, 3.63) is 18.2 Å². The maximum Gasteiger partial charge on any atom is 0.248 e. The van der Waals surface area contributed by atoms with Crippen LogP contribution in [-0.4, -0.2) is 55.5 Å². The zero-order valence-corrected chi connectivity index (χ0v) is 16.9. The van der Waals surface area contributed by atoms with Gasteiger partial charge in [0.05, 0.1) is 17.5 Å². The Balaban J connectivity index is 1.70. The first-order chi connectivity index (χ1) is 12.8.